The second-order valence-corrected chi connectivity index (χ2v) is 9.70. The Hall–Kier alpha value is -4.71. The monoisotopic (exact) mass is 535 g/mol. The fraction of sp³-hybridized carbons (Fsp3) is 0.0769. The van der Waals surface area contributed by atoms with Crippen LogP contribution in [0.15, 0.2) is 84.4 Å². The molecule has 0 unspecified atom stereocenters. The van der Waals surface area contributed by atoms with Crippen molar-refractivity contribution >= 4 is 32.4 Å². The number of pyridine rings is 2. The van der Waals surface area contributed by atoms with Gasteiger partial charge in [0.2, 0.25) is 11.8 Å². The van der Waals surface area contributed by atoms with E-state index < -0.39 is 21.7 Å². The van der Waals surface area contributed by atoms with Crippen molar-refractivity contribution in [3.8, 4) is 22.8 Å². The fourth-order valence-electron chi connectivity index (χ4n) is 3.92. The van der Waals surface area contributed by atoms with Crippen LogP contribution in [0.3, 0.4) is 0 Å². The van der Waals surface area contributed by atoms with Crippen molar-refractivity contribution in [3.05, 3.63) is 91.1 Å². The van der Waals surface area contributed by atoms with Crippen LogP contribution in [-0.2, 0) is 10.0 Å². The van der Waals surface area contributed by atoms with E-state index in [1.165, 1.54) is 50.9 Å². The van der Waals surface area contributed by atoms with Crippen LogP contribution in [0.25, 0.3) is 21.9 Å². The molecular weight excluding hydrogens is 516 g/mol. The van der Waals surface area contributed by atoms with Crippen LogP contribution in [0.2, 0.25) is 0 Å². The van der Waals surface area contributed by atoms with Gasteiger partial charge in [-0.05, 0) is 41.8 Å². The third-order valence-corrected chi connectivity index (χ3v) is 7.36. The van der Waals surface area contributed by atoms with Gasteiger partial charge in [0.25, 0.3) is 10.0 Å². The second-order valence-electron chi connectivity index (χ2n) is 7.92. The second kappa shape index (κ2) is 9.98. The van der Waals surface area contributed by atoms with Gasteiger partial charge in [-0.15, -0.1) is 0 Å². The van der Waals surface area contributed by atoms with Crippen molar-refractivity contribution in [2.45, 2.75) is 4.90 Å². The summed E-state index contributed by atoms with van der Waals surface area (Å²) in [5.41, 5.74) is -0.291. The molecule has 0 bridgehead atoms. The number of halogens is 2. The summed E-state index contributed by atoms with van der Waals surface area (Å²) >= 11 is 0. The maximum absolute atomic E-state index is 15.6. The molecular formula is C26H19F2N5O4S. The van der Waals surface area contributed by atoms with Crippen LogP contribution in [0.5, 0.6) is 11.6 Å². The molecule has 3 aromatic heterocycles. The lowest BCUT2D eigenvalue weighted by Crippen LogP contribution is -2.28. The molecule has 0 spiro atoms. The molecule has 9 nitrogen and oxygen atoms in total. The van der Waals surface area contributed by atoms with Gasteiger partial charge < -0.3 is 9.47 Å². The zero-order valence-corrected chi connectivity index (χ0v) is 20.9. The first-order valence-electron chi connectivity index (χ1n) is 11.1. The Morgan fingerprint density at radius 1 is 0.816 bits per heavy atom. The summed E-state index contributed by atoms with van der Waals surface area (Å²) in [7, 11) is -1.79. The Balaban J connectivity index is 1.73. The third kappa shape index (κ3) is 4.45. The Morgan fingerprint density at radius 2 is 1.61 bits per heavy atom. The van der Waals surface area contributed by atoms with Crippen molar-refractivity contribution in [1.82, 2.24) is 19.9 Å². The standard InChI is InChI=1S/C26H19F2N5O4S/c1-36-24-12-20(21-11-18(27)15-32-25(21)37-2)22(28)13-23(24)33(26-30-7-3-8-31-26)38(34,35)19-5-4-17-14-29-9-6-16(17)10-19/h3-15H,1-2H3. The summed E-state index contributed by atoms with van der Waals surface area (Å²) in [5, 5.41) is 1.37. The lowest BCUT2D eigenvalue weighted by Gasteiger charge is -2.25. The van der Waals surface area contributed by atoms with E-state index in [0.717, 1.165) is 28.0 Å². The largest absolute Gasteiger partial charge is 0.495 e. The van der Waals surface area contributed by atoms with Gasteiger partial charge >= 0.3 is 0 Å². The average molecular weight is 536 g/mol. The number of fused-ring (bicyclic) bond motifs is 1. The number of nitrogens with zero attached hydrogens (tertiary/aromatic N) is 5. The van der Waals surface area contributed by atoms with Gasteiger partial charge in [0, 0.05) is 47.4 Å². The molecule has 0 saturated heterocycles. The SMILES string of the molecule is COc1cc(-c2cc(F)cnc2OC)c(F)cc1N(c1ncccn1)S(=O)(=O)c1ccc2cnccc2c1. The molecule has 0 aliphatic carbocycles. The van der Waals surface area contributed by atoms with Crippen molar-refractivity contribution in [2.75, 3.05) is 18.5 Å². The summed E-state index contributed by atoms with van der Waals surface area (Å²) in [5.74, 6) is -1.91. The van der Waals surface area contributed by atoms with Crippen LogP contribution in [0, 0.1) is 11.6 Å². The normalized spacial score (nSPS) is 11.4. The molecule has 5 rings (SSSR count). The highest BCUT2D eigenvalue weighted by molar-refractivity contribution is 7.93. The number of anilines is 2. The number of methoxy groups -OCH3 is 2. The highest BCUT2D eigenvalue weighted by atomic mass is 32.2. The summed E-state index contributed by atoms with van der Waals surface area (Å²) in [4.78, 5) is 16.0. The van der Waals surface area contributed by atoms with Crippen LogP contribution in [0.1, 0.15) is 0 Å². The van der Waals surface area contributed by atoms with E-state index >= 15 is 4.39 Å². The van der Waals surface area contributed by atoms with Crippen molar-refractivity contribution < 1.29 is 26.7 Å². The Kier molecular flexibility index (Phi) is 6.55. The van der Waals surface area contributed by atoms with E-state index in [4.69, 9.17) is 9.47 Å². The van der Waals surface area contributed by atoms with Gasteiger partial charge in [-0.25, -0.2) is 32.2 Å². The molecule has 12 heteroatoms. The zero-order chi connectivity index (χ0) is 26.9. The van der Waals surface area contributed by atoms with E-state index in [1.807, 2.05) is 0 Å². The van der Waals surface area contributed by atoms with Crippen LogP contribution in [0.4, 0.5) is 20.4 Å². The van der Waals surface area contributed by atoms with Crippen LogP contribution < -0.4 is 13.8 Å². The quantitative estimate of drug-likeness (QED) is 0.289. The van der Waals surface area contributed by atoms with E-state index in [-0.39, 0.29) is 39.3 Å². The van der Waals surface area contributed by atoms with Gasteiger partial charge in [-0.2, -0.15) is 4.31 Å². The van der Waals surface area contributed by atoms with Gasteiger partial charge in [0.05, 0.1) is 25.3 Å². The predicted octanol–water partition coefficient (Wildman–Crippen LogP) is 4.91. The first-order chi connectivity index (χ1) is 18.3. The minimum absolute atomic E-state index is 0.0170. The van der Waals surface area contributed by atoms with Gasteiger partial charge in [-0.3, -0.25) is 4.98 Å². The van der Waals surface area contributed by atoms with Crippen molar-refractivity contribution in [3.63, 3.8) is 0 Å². The van der Waals surface area contributed by atoms with Gasteiger partial charge in [0.1, 0.15) is 23.1 Å². The molecule has 192 valence electrons. The molecule has 0 atom stereocenters. The number of benzene rings is 2. The van der Waals surface area contributed by atoms with E-state index in [0.29, 0.717) is 5.39 Å². The van der Waals surface area contributed by atoms with Crippen molar-refractivity contribution in [2.24, 2.45) is 0 Å². The Labute approximate surface area is 216 Å². The maximum atomic E-state index is 15.6. The topological polar surface area (TPSA) is 107 Å². The lowest BCUT2D eigenvalue weighted by molar-refractivity contribution is 0.397. The smallest absolute Gasteiger partial charge is 0.271 e. The summed E-state index contributed by atoms with van der Waals surface area (Å²) in [6, 6.07) is 10.9. The average Bonchev–Trinajstić information content (AvgIpc) is 2.93. The molecule has 0 aliphatic rings. The number of ether oxygens (including phenoxy) is 2. The zero-order valence-electron chi connectivity index (χ0n) is 20.0. The number of hydrogen-bond donors (Lipinski definition) is 0. The molecule has 0 aliphatic heterocycles. The predicted molar refractivity (Wildman–Crippen MR) is 136 cm³/mol. The highest BCUT2D eigenvalue weighted by Crippen LogP contribution is 2.42. The third-order valence-electron chi connectivity index (χ3n) is 5.67. The van der Waals surface area contributed by atoms with Crippen molar-refractivity contribution in [1.29, 1.82) is 0 Å². The lowest BCUT2D eigenvalue weighted by atomic mass is 10.0. The number of rotatable bonds is 7. The number of hydrogen-bond acceptors (Lipinski definition) is 8. The van der Waals surface area contributed by atoms with Gasteiger partial charge in [-0.1, -0.05) is 6.07 Å². The molecule has 0 fully saturated rings. The molecule has 5 aromatic rings. The first kappa shape index (κ1) is 25.0. The fourth-order valence-corrected chi connectivity index (χ4v) is 5.36. The van der Waals surface area contributed by atoms with Crippen LogP contribution in [-0.4, -0.2) is 42.6 Å². The summed E-state index contributed by atoms with van der Waals surface area (Å²) < 4.78 is 69.1. The summed E-state index contributed by atoms with van der Waals surface area (Å²) in [6.07, 6.45) is 6.81. The van der Waals surface area contributed by atoms with Gasteiger partial charge in [0.15, 0.2) is 0 Å². The number of sulfonamides is 1. The van der Waals surface area contributed by atoms with E-state index in [1.54, 1.807) is 24.5 Å². The maximum Gasteiger partial charge on any atom is 0.271 e. The Morgan fingerprint density at radius 3 is 2.34 bits per heavy atom. The summed E-state index contributed by atoms with van der Waals surface area (Å²) in [6.45, 7) is 0. The minimum Gasteiger partial charge on any atom is -0.495 e. The highest BCUT2D eigenvalue weighted by Gasteiger charge is 2.33. The molecule has 38 heavy (non-hydrogen) atoms. The molecule has 0 amide bonds. The number of aromatic nitrogens is 4. The molecule has 0 radical (unpaired) electrons. The Bertz CT molecular complexity index is 1750. The molecule has 0 N–H and O–H groups in total. The van der Waals surface area contributed by atoms with Crippen LogP contribution >= 0.6 is 0 Å². The molecule has 2 aromatic carbocycles. The van der Waals surface area contributed by atoms with E-state index in [2.05, 4.69) is 19.9 Å². The first-order valence-corrected chi connectivity index (χ1v) is 12.5. The van der Waals surface area contributed by atoms with E-state index in [9.17, 15) is 12.8 Å². The molecule has 3 heterocycles. The minimum atomic E-state index is -4.40. The molecule has 0 saturated carbocycles.